The lowest BCUT2D eigenvalue weighted by atomic mass is 9.74. The molecule has 3 nitrogen and oxygen atoms in total. The first-order valence-corrected chi connectivity index (χ1v) is 10.4. The van der Waals surface area contributed by atoms with Gasteiger partial charge in [-0.2, -0.15) is 0 Å². The van der Waals surface area contributed by atoms with Crippen LogP contribution in [0.1, 0.15) is 64.7 Å². The molecular formula is C16H31NO2S. The van der Waals surface area contributed by atoms with Gasteiger partial charge in [0.05, 0.1) is 5.25 Å². The van der Waals surface area contributed by atoms with E-state index in [-0.39, 0.29) is 5.25 Å². The number of hydrogen-bond donors (Lipinski definition) is 1. The minimum atomic E-state index is -2.86. The summed E-state index contributed by atoms with van der Waals surface area (Å²) in [5, 5.41) is 3.60. The van der Waals surface area contributed by atoms with E-state index in [0.29, 0.717) is 17.9 Å². The first kappa shape index (κ1) is 16.3. The van der Waals surface area contributed by atoms with Crippen LogP contribution < -0.4 is 5.32 Å². The van der Waals surface area contributed by atoms with Gasteiger partial charge in [-0.25, -0.2) is 8.42 Å². The van der Waals surface area contributed by atoms with Crippen LogP contribution in [0, 0.1) is 11.8 Å². The van der Waals surface area contributed by atoms with Gasteiger partial charge in [0.1, 0.15) is 9.84 Å². The molecular weight excluding hydrogens is 270 g/mol. The van der Waals surface area contributed by atoms with Crippen molar-refractivity contribution in [3.8, 4) is 0 Å². The van der Waals surface area contributed by atoms with Crippen molar-refractivity contribution in [2.24, 2.45) is 11.8 Å². The van der Waals surface area contributed by atoms with Crippen molar-refractivity contribution in [2.45, 2.75) is 76.0 Å². The summed E-state index contributed by atoms with van der Waals surface area (Å²) in [6, 6.07) is 0.616. The van der Waals surface area contributed by atoms with E-state index < -0.39 is 9.84 Å². The second kappa shape index (κ2) is 7.26. The zero-order chi connectivity index (χ0) is 14.6. The molecule has 4 unspecified atom stereocenters. The van der Waals surface area contributed by atoms with Gasteiger partial charge in [-0.3, -0.25) is 0 Å². The lowest BCUT2D eigenvalue weighted by Crippen LogP contribution is -2.41. The lowest BCUT2D eigenvalue weighted by molar-refractivity contribution is 0.187. The fourth-order valence-corrected chi connectivity index (χ4v) is 5.57. The molecule has 0 saturated heterocycles. The first-order chi connectivity index (χ1) is 9.52. The molecule has 118 valence electrons. The molecule has 0 aromatic carbocycles. The summed E-state index contributed by atoms with van der Waals surface area (Å²) in [5.41, 5.74) is 0. The van der Waals surface area contributed by atoms with Crippen LogP contribution in [0.3, 0.4) is 0 Å². The normalized spacial score (nSPS) is 36.5. The topological polar surface area (TPSA) is 46.2 Å². The van der Waals surface area contributed by atoms with Gasteiger partial charge in [-0.05, 0) is 44.1 Å². The molecule has 2 aliphatic carbocycles. The van der Waals surface area contributed by atoms with E-state index in [1.54, 1.807) is 0 Å². The van der Waals surface area contributed by atoms with Gasteiger partial charge >= 0.3 is 0 Å². The van der Waals surface area contributed by atoms with Gasteiger partial charge in [0.15, 0.2) is 0 Å². The van der Waals surface area contributed by atoms with Crippen LogP contribution >= 0.6 is 0 Å². The number of sulfone groups is 1. The standard InChI is InChI=1S/C16H31NO2S/c1-3-17-16-11-6-4-5-10-15(16)13-8-7-9-14(12-13)20(2,18)19/h13-17H,3-12H2,1-2H3. The molecule has 2 rings (SSSR count). The Morgan fingerprint density at radius 3 is 2.45 bits per heavy atom. The van der Waals surface area contributed by atoms with Crippen molar-refractivity contribution in [1.29, 1.82) is 0 Å². The molecule has 0 spiro atoms. The molecule has 20 heavy (non-hydrogen) atoms. The highest BCUT2D eigenvalue weighted by atomic mass is 32.2. The molecule has 0 amide bonds. The van der Waals surface area contributed by atoms with Crippen molar-refractivity contribution in [3.63, 3.8) is 0 Å². The van der Waals surface area contributed by atoms with Gasteiger partial charge in [-0.15, -0.1) is 0 Å². The predicted octanol–water partition coefficient (Wildman–Crippen LogP) is 3.15. The number of hydrogen-bond acceptors (Lipinski definition) is 3. The summed E-state index contributed by atoms with van der Waals surface area (Å²) in [6.07, 6.45) is 12.1. The van der Waals surface area contributed by atoms with Crippen LogP contribution in [0.4, 0.5) is 0 Å². The fraction of sp³-hybridized carbons (Fsp3) is 1.00. The van der Waals surface area contributed by atoms with Crippen molar-refractivity contribution >= 4 is 9.84 Å². The van der Waals surface area contributed by atoms with Crippen LogP contribution in [-0.2, 0) is 9.84 Å². The second-order valence-electron chi connectivity index (χ2n) is 6.84. The van der Waals surface area contributed by atoms with E-state index in [4.69, 9.17) is 0 Å². The van der Waals surface area contributed by atoms with Crippen LogP contribution in [0.5, 0.6) is 0 Å². The first-order valence-electron chi connectivity index (χ1n) is 8.44. The largest absolute Gasteiger partial charge is 0.314 e. The number of nitrogens with one attached hydrogen (secondary N) is 1. The Balaban J connectivity index is 2.06. The zero-order valence-electron chi connectivity index (χ0n) is 13.1. The summed E-state index contributed by atoms with van der Waals surface area (Å²) in [5.74, 6) is 1.31. The highest BCUT2D eigenvalue weighted by Crippen LogP contribution is 2.39. The molecule has 4 atom stereocenters. The van der Waals surface area contributed by atoms with E-state index in [0.717, 1.165) is 25.8 Å². The second-order valence-corrected chi connectivity index (χ2v) is 9.17. The maximum atomic E-state index is 11.9. The third-order valence-corrected chi connectivity index (χ3v) is 7.05. The highest BCUT2D eigenvalue weighted by Gasteiger charge is 2.36. The Morgan fingerprint density at radius 1 is 1.00 bits per heavy atom. The molecule has 0 aromatic rings. The zero-order valence-corrected chi connectivity index (χ0v) is 13.9. The fourth-order valence-electron chi connectivity index (χ4n) is 4.38. The van der Waals surface area contributed by atoms with E-state index in [2.05, 4.69) is 12.2 Å². The van der Waals surface area contributed by atoms with Crippen LogP contribution in [0.25, 0.3) is 0 Å². The van der Waals surface area contributed by atoms with Crippen molar-refractivity contribution in [2.75, 3.05) is 12.8 Å². The SMILES string of the molecule is CCNC1CCCCCC1C1CCCC(S(C)(=O)=O)C1. The predicted molar refractivity (Wildman–Crippen MR) is 84.6 cm³/mol. The Bertz CT molecular complexity index is 393. The molecule has 0 heterocycles. The van der Waals surface area contributed by atoms with Crippen molar-refractivity contribution in [1.82, 2.24) is 5.32 Å². The molecule has 0 bridgehead atoms. The number of rotatable bonds is 4. The van der Waals surface area contributed by atoms with Gasteiger partial charge in [0.2, 0.25) is 0 Å². The monoisotopic (exact) mass is 301 g/mol. The third kappa shape index (κ3) is 4.20. The molecule has 0 aromatic heterocycles. The molecule has 0 aliphatic heterocycles. The highest BCUT2D eigenvalue weighted by molar-refractivity contribution is 7.91. The Hall–Kier alpha value is -0.0900. The smallest absolute Gasteiger partial charge is 0.150 e. The van der Waals surface area contributed by atoms with Crippen LogP contribution in [-0.4, -0.2) is 32.5 Å². The van der Waals surface area contributed by atoms with Gasteiger partial charge < -0.3 is 5.32 Å². The van der Waals surface area contributed by atoms with Crippen LogP contribution in [0.2, 0.25) is 0 Å². The minimum Gasteiger partial charge on any atom is -0.314 e. The Kier molecular flexibility index (Phi) is 5.91. The van der Waals surface area contributed by atoms with E-state index in [9.17, 15) is 8.42 Å². The third-order valence-electron chi connectivity index (χ3n) is 5.41. The van der Waals surface area contributed by atoms with Gasteiger partial charge in [0, 0.05) is 12.3 Å². The van der Waals surface area contributed by atoms with Crippen LogP contribution in [0.15, 0.2) is 0 Å². The van der Waals surface area contributed by atoms with Gasteiger partial charge in [0.25, 0.3) is 0 Å². The molecule has 2 fully saturated rings. The summed E-state index contributed by atoms with van der Waals surface area (Å²) >= 11 is 0. The molecule has 2 aliphatic rings. The molecule has 1 N–H and O–H groups in total. The van der Waals surface area contributed by atoms with E-state index in [1.807, 2.05) is 0 Å². The lowest BCUT2D eigenvalue weighted by Gasteiger charge is -2.37. The van der Waals surface area contributed by atoms with E-state index in [1.165, 1.54) is 44.8 Å². The minimum absolute atomic E-state index is 0.0771. The Morgan fingerprint density at radius 2 is 1.75 bits per heavy atom. The average Bonchev–Trinajstić information content (AvgIpc) is 2.64. The van der Waals surface area contributed by atoms with Crippen molar-refractivity contribution in [3.05, 3.63) is 0 Å². The molecule has 0 radical (unpaired) electrons. The average molecular weight is 301 g/mol. The summed E-state index contributed by atoms with van der Waals surface area (Å²) in [6.45, 7) is 3.21. The quantitative estimate of drug-likeness (QED) is 0.811. The summed E-state index contributed by atoms with van der Waals surface area (Å²) < 4.78 is 23.7. The Labute approximate surface area is 124 Å². The summed E-state index contributed by atoms with van der Waals surface area (Å²) in [4.78, 5) is 0. The van der Waals surface area contributed by atoms with E-state index >= 15 is 0 Å². The maximum absolute atomic E-state index is 11.9. The van der Waals surface area contributed by atoms with Gasteiger partial charge in [-0.1, -0.05) is 39.0 Å². The van der Waals surface area contributed by atoms with Crippen molar-refractivity contribution < 1.29 is 8.42 Å². The molecule has 4 heteroatoms. The summed E-state index contributed by atoms with van der Waals surface area (Å²) in [7, 11) is -2.86. The molecule has 2 saturated carbocycles. The maximum Gasteiger partial charge on any atom is 0.150 e.